The number of ether oxygens (including phenoxy) is 1. The lowest BCUT2D eigenvalue weighted by Gasteiger charge is -2.23. The van der Waals surface area contributed by atoms with Crippen LogP contribution in [0, 0.1) is 0 Å². The Labute approximate surface area is 195 Å². The molecule has 0 aromatic rings. The number of nitrogens with one attached hydrogen (secondary N) is 1. The molecule has 0 spiro atoms. The first-order valence-electron chi connectivity index (χ1n) is 11.0. The molecule has 1 unspecified atom stereocenters. The molecule has 0 aromatic heterocycles. The Hall–Kier alpha value is -2.86. The number of aliphatic hydroxyl groups is 1. The van der Waals surface area contributed by atoms with Gasteiger partial charge in [0.05, 0.1) is 12.6 Å². The van der Waals surface area contributed by atoms with E-state index >= 15 is 0 Å². The van der Waals surface area contributed by atoms with E-state index in [-0.39, 0.29) is 12.5 Å². The average molecular weight is 449 g/mol. The first-order chi connectivity index (χ1) is 15.1. The molecule has 0 saturated carbocycles. The number of alkyl carbamates (subject to hydrolysis) is 1. The summed E-state index contributed by atoms with van der Waals surface area (Å²) in [5, 5.41) is 12.2. The zero-order valence-corrected chi connectivity index (χ0v) is 21.3. The molecule has 0 aliphatic carbocycles. The third-order valence-electron chi connectivity index (χ3n) is 3.35. The highest BCUT2D eigenvalue weighted by molar-refractivity contribution is 5.89. The zero-order valence-electron chi connectivity index (χ0n) is 21.3. The normalized spacial score (nSPS) is 12.3. The molecule has 0 bridgehead atoms. The number of carbonyl (C=O) groups excluding carboxylic acids is 2. The van der Waals surface area contributed by atoms with Crippen LogP contribution in [0.3, 0.4) is 0 Å². The van der Waals surface area contributed by atoms with Gasteiger partial charge in [-0.05, 0) is 57.9 Å². The van der Waals surface area contributed by atoms with Gasteiger partial charge in [0.1, 0.15) is 5.60 Å². The quantitative estimate of drug-likeness (QED) is 0.315. The number of rotatable bonds is 10. The molecule has 6 heteroatoms. The molecule has 182 valence electrons. The first kappa shape index (κ1) is 33.8. The maximum atomic E-state index is 12.0. The van der Waals surface area contributed by atoms with Crippen LogP contribution in [0.4, 0.5) is 4.79 Å². The van der Waals surface area contributed by atoms with Gasteiger partial charge in [-0.25, -0.2) is 4.79 Å². The largest absolute Gasteiger partial charge is 0.444 e. The Morgan fingerprint density at radius 1 is 1.03 bits per heavy atom. The topological polar surface area (TPSA) is 78.9 Å². The third-order valence-corrected chi connectivity index (χ3v) is 3.35. The standard InChI is InChI=1S/C22H32N2O4.2C2H6/c1-8-14-24(20(26)11-4)19(10-3)13-12-17(9-2)15-18(16-25)23-21(27)28-22(5,6)7;2*1-2/h8-14,18,25H,2-4,15-16H2,1,5-7H3,(H,23,27);2*1-2H3/b14-8-,17-12+,19-13+;;. The molecule has 0 aromatic carbocycles. The lowest BCUT2D eigenvalue weighted by atomic mass is 10.1. The van der Waals surface area contributed by atoms with E-state index in [2.05, 4.69) is 25.1 Å². The predicted molar refractivity (Wildman–Crippen MR) is 136 cm³/mol. The fourth-order valence-electron chi connectivity index (χ4n) is 2.11. The van der Waals surface area contributed by atoms with Crippen LogP contribution >= 0.6 is 0 Å². The number of allylic oxidation sites excluding steroid dienone is 5. The second-order valence-electron chi connectivity index (χ2n) is 6.87. The molecular formula is C26H44N2O4. The van der Waals surface area contributed by atoms with E-state index in [1.54, 1.807) is 64.3 Å². The number of aliphatic hydroxyl groups excluding tert-OH is 1. The van der Waals surface area contributed by atoms with Crippen LogP contribution in [-0.2, 0) is 9.53 Å². The molecule has 1 atom stereocenters. The molecule has 0 aliphatic rings. The Kier molecular flexibility index (Phi) is 21.2. The minimum atomic E-state index is -0.628. The summed E-state index contributed by atoms with van der Waals surface area (Å²) in [7, 11) is 0. The smallest absolute Gasteiger partial charge is 0.407 e. The van der Waals surface area contributed by atoms with Gasteiger partial charge in [0.25, 0.3) is 5.91 Å². The second-order valence-corrected chi connectivity index (χ2v) is 6.87. The average Bonchev–Trinajstić information content (AvgIpc) is 2.77. The van der Waals surface area contributed by atoms with Crippen molar-refractivity contribution in [1.29, 1.82) is 0 Å². The molecule has 0 aliphatic heterocycles. The minimum absolute atomic E-state index is 0.262. The van der Waals surface area contributed by atoms with Gasteiger partial charge in [-0.3, -0.25) is 9.69 Å². The third kappa shape index (κ3) is 15.9. The number of nitrogens with zero attached hydrogens (tertiary/aromatic N) is 1. The number of carbonyl (C=O) groups is 2. The van der Waals surface area contributed by atoms with Crippen LogP contribution in [-0.4, -0.2) is 40.3 Å². The van der Waals surface area contributed by atoms with Crippen LogP contribution in [0.15, 0.2) is 73.7 Å². The van der Waals surface area contributed by atoms with Gasteiger partial charge in [-0.1, -0.05) is 65.7 Å². The van der Waals surface area contributed by atoms with Gasteiger partial charge in [0.15, 0.2) is 0 Å². The highest BCUT2D eigenvalue weighted by Crippen LogP contribution is 2.13. The van der Waals surface area contributed by atoms with Crippen molar-refractivity contribution in [3.8, 4) is 0 Å². The van der Waals surface area contributed by atoms with Crippen LogP contribution in [0.1, 0.15) is 61.8 Å². The van der Waals surface area contributed by atoms with Gasteiger partial charge in [0, 0.05) is 11.9 Å². The molecule has 6 nitrogen and oxygen atoms in total. The summed E-state index contributed by atoms with van der Waals surface area (Å²) in [5.41, 5.74) is 0.667. The Bertz CT molecular complexity index is 668. The monoisotopic (exact) mass is 448 g/mol. The first-order valence-corrected chi connectivity index (χ1v) is 11.0. The Balaban J connectivity index is -0.00000198. The SMILES string of the molecule is C=CC(=O)N(/C=C\C)/C(C=C)=C/C=C(\C=C)CC(CO)NC(=O)OC(C)(C)C.CC.CC. The summed E-state index contributed by atoms with van der Waals surface area (Å²) in [6, 6.07) is -0.541. The van der Waals surface area contributed by atoms with Gasteiger partial charge in [-0.15, -0.1) is 0 Å². The summed E-state index contributed by atoms with van der Waals surface area (Å²) in [6.07, 6.45) is 10.9. The van der Waals surface area contributed by atoms with Gasteiger partial charge in [-0.2, -0.15) is 0 Å². The van der Waals surface area contributed by atoms with Crippen molar-refractivity contribution in [2.75, 3.05) is 6.61 Å². The van der Waals surface area contributed by atoms with Crippen molar-refractivity contribution in [1.82, 2.24) is 10.2 Å². The maximum Gasteiger partial charge on any atom is 0.407 e. The molecule has 0 saturated heterocycles. The second kappa shape index (κ2) is 20.1. The number of hydrogen-bond donors (Lipinski definition) is 2. The van der Waals surface area contributed by atoms with Crippen molar-refractivity contribution < 1.29 is 19.4 Å². The molecule has 2 amide bonds. The fraction of sp³-hybridized carbons (Fsp3) is 0.462. The van der Waals surface area contributed by atoms with Crippen molar-refractivity contribution in [2.24, 2.45) is 0 Å². The van der Waals surface area contributed by atoms with Gasteiger partial charge >= 0.3 is 6.09 Å². The van der Waals surface area contributed by atoms with E-state index < -0.39 is 17.7 Å². The molecule has 32 heavy (non-hydrogen) atoms. The van der Waals surface area contributed by atoms with Crippen LogP contribution < -0.4 is 5.32 Å². The van der Waals surface area contributed by atoms with E-state index in [0.29, 0.717) is 12.1 Å². The summed E-state index contributed by atoms with van der Waals surface area (Å²) in [6.45, 7) is 25.8. The molecular weight excluding hydrogens is 404 g/mol. The lowest BCUT2D eigenvalue weighted by molar-refractivity contribution is -0.121. The minimum Gasteiger partial charge on any atom is -0.444 e. The zero-order chi connectivity index (χ0) is 25.7. The summed E-state index contributed by atoms with van der Waals surface area (Å²) < 4.78 is 5.21. The van der Waals surface area contributed by atoms with E-state index in [1.807, 2.05) is 27.7 Å². The van der Waals surface area contributed by atoms with Gasteiger partial charge < -0.3 is 15.2 Å². The molecule has 0 heterocycles. The highest BCUT2D eigenvalue weighted by Gasteiger charge is 2.19. The highest BCUT2D eigenvalue weighted by atomic mass is 16.6. The molecule has 0 fully saturated rings. The van der Waals surface area contributed by atoms with Crippen molar-refractivity contribution in [3.05, 3.63) is 73.7 Å². The number of amides is 2. The molecule has 0 radical (unpaired) electrons. The van der Waals surface area contributed by atoms with E-state index in [4.69, 9.17) is 4.74 Å². The van der Waals surface area contributed by atoms with E-state index in [9.17, 15) is 14.7 Å². The van der Waals surface area contributed by atoms with Crippen LogP contribution in [0.2, 0.25) is 0 Å². The van der Waals surface area contributed by atoms with Crippen LogP contribution in [0.5, 0.6) is 0 Å². The maximum absolute atomic E-state index is 12.0. The lowest BCUT2D eigenvalue weighted by Crippen LogP contribution is -2.41. The van der Waals surface area contributed by atoms with E-state index in [1.165, 1.54) is 11.0 Å². The van der Waals surface area contributed by atoms with Crippen LogP contribution in [0.25, 0.3) is 0 Å². The van der Waals surface area contributed by atoms with Crippen molar-refractivity contribution in [3.63, 3.8) is 0 Å². The fourth-order valence-corrected chi connectivity index (χ4v) is 2.11. The molecule has 0 rings (SSSR count). The number of hydrogen-bond acceptors (Lipinski definition) is 4. The van der Waals surface area contributed by atoms with Gasteiger partial charge in [0.2, 0.25) is 0 Å². The summed E-state index contributed by atoms with van der Waals surface area (Å²) in [5.74, 6) is -0.294. The predicted octanol–water partition coefficient (Wildman–Crippen LogP) is 6.05. The van der Waals surface area contributed by atoms with Crippen molar-refractivity contribution in [2.45, 2.75) is 73.5 Å². The summed E-state index contributed by atoms with van der Waals surface area (Å²) >= 11 is 0. The van der Waals surface area contributed by atoms with Crippen molar-refractivity contribution >= 4 is 12.0 Å². The Morgan fingerprint density at radius 3 is 1.97 bits per heavy atom. The molecule has 2 N–H and O–H groups in total. The van der Waals surface area contributed by atoms with E-state index in [0.717, 1.165) is 5.57 Å². The Morgan fingerprint density at radius 2 is 1.59 bits per heavy atom. The summed E-state index contributed by atoms with van der Waals surface area (Å²) in [4.78, 5) is 25.3.